The van der Waals surface area contributed by atoms with Gasteiger partial charge in [0.25, 0.3) is 0 Å². The molecule has 0 saturated heterocycles. The van der Waals surface area contributed by atoms with Crippen molar-refractivity contribution >= 4 is 28.2 Å². The zero-order valence-corrected chi connectivity index (χ0v) is 11.9. The van der Waals surface area contributed by atoms with E-state index in [4.69, 9.17) is 11.6 Å². The van der Waals surface area contributed by atoms with Gasteiger partial charge < -0.3 is 15.0 Å². The van der Waals surface area contributed by atoms with Crippen LogP contribution >= 0.6 is 11.6 Å². The summed E-state index contributed by atoms with van der Waals surface area (Å²) in [5.74, 6) is 0.0994. The number of hydrogen-bond acceptors (Lipinski definition) is 2. The Balaban J connectivity index is 1.85. The van der Waals surface area contributed by atoms with Crippen LogP contribution in [0.25, 0.3) is 10.9 Å². The van der Waals surface area contributed by atoms with Crippen molar-refractivity contribution in [2.45, 2.75) is 6.54 Å². The van der Waals surface area contributed by atoms with Crippen molar-refractivity contribution in [1.29, 1.82) is 0 Å². The van der Waals surface area contributed by atoms with Crippen molar-refractivity contribution in [3.05, 3.63) is 59.2 Å². The van der Waals surface area contributed by atoms with Crippen LogP contribution in [-0.4, -0.2) is 9.67 Å². The summed E-state index contributed by atoms with van der Waals surface area (Å²) in [4.78, 5) is 0. The van der Waals surface area contributed by atoms with Gasteiger partial charge in [-0.3, -0.25) is 0 Å². The summed E-state index contributed by atoms with van der Waals surface area (Å²) in [5.41, 5.74) is 3.33. The lowest BCUT2D eigenvalue weighted by Gasteiger charge is -2.06. The van der Waals surface area contributed by atoms with E-state index in [0.717, 1.165) is 5.69 Å². The molecule has 0 radical (unpaired) electrons. The molecule has 1 heterocycles. The van der Waals surface area contributed by atoms with Gasteiger partial charge in [-0.25, -0.2) is 0 Å². The van der Waals surface area contributed by atoms with Crippen LogP contribution in [0.4, 0.5) is 5.69 Å². The smallest absolute Gasteiger partial charge is 0.134 e. The van der Waals surface area contributed by atoms with Crippen molar-refractivity contribution in [3.63, 3.8) is 0 Å². The highest BCUT2D eigenvalue weighted by Gasteiger charge is 2.06. The van der Waals surface area contributed by atoms with E-state index in [9.17, 15) is 5.11 Å². The molecule has 102 valence electrons. The summed E-state index contributed by atoms with van der Waals surface area (Å²) < 4.78 is 2.12. The molecule has 1 aromatic heterocycles. The van der Waals surface area contributed by atoms with Crippen molar-refractivity contribution < 1.29 is 5.11 Å². The maximum atomic E-state index is 9.41. The molecule has 3 aromatic rings. The summed E-state index contributed by atoms with van der Waals surface area (Å²) in [6.45, 7) is 0.711. The molecule has 2 aromatic carbocycles. The van der Waals surface area contributed by atoms with Crippen LogP contribution in [0.1, 0.15) is 5.56 Å². The number of nitrogens with zero attached hydrogens (tertiary/aromatic N) is 1. The zero-order valence-electron chi connectivity index (χ0n) is 11.1. The number of halogens is 1. The molecule has 2 N–H and O–H groups in total. The fourth-order valence-corrected chi connectivity index (χ4v) is 2.56. The Morgan fingerprint density at radius 1 is 1.20 bits per heavy atom. The maximum Gasteiger partial charge on any atom is 0.134 e. The first-order valence-corrected chi connectivity index (χ1v) is 6.78. The average molecular weight is 287 g/mol. The molecule has 0 aliphatic heterocycles. The number of rotatable bonds is 3. The highest BCUT2D eigenvalue weighted by atomic mass is 35.5. The van der Waals surface area contributed by atoms with Gasteiger partial charge >= 0.3 is 0 Å². The molecule has 4 heteroatoms. The second kappa shape index (κ2) is 5.10. The standard InChI is InChI=1S/C16H15ClN2O/c1-19-10-11(13-4-2-3-5-15(13)19)9-18-12-6-7-16(20)14(17)8-12/h2-8,10,18,20H,9H2,1H3. The summed E-state index contributed by atoms with van der Waals surface area (Å²) in [6.07, 6.45) is 2.12. The molecular weight excluding hydrogens is 272 g/mol. The molecular formula is C16H15ClN2O. The fraction of sp³-hybridized carbons (Fsp3) is 0.125. The van der Waals surface area contributed by atoms with Gasteiger partial charge in [-0.2, -0.15) is 0 Å². The lowest BCUT2D eigenvalue weighted by molar-refractivity contribution is 0.475. The second-order valence-electron chi connectivity index (χ2n) is 4.80. The van der Waals surface area contributed by atoms with Crippen LogP contribution in [0, 0.1) is 0 Å². The fourth-order valence-electron chi connectivity index (χ4n) is 2.38. The molecule has 3 rings (SSSR count). The molecule has 3 nitrogen and oxygen atoms in total. The number of aromatic hydroxyl groups is 1. The van der Waals surface area contributed by atoms with Gasteiger partial charge in [-0.15, -0.1) is 0 Å². The van der Waals surface area contributed by atoms with Gasteiger partial charge in [0.1, 0.15) is 5.75 Å². The number of para-hydroxylation sites is 1. The molecule has 0 atom stereocenters. The number of anilines is 1. The molecule has 0 unspecified atom stereocenters. The minimum absolute atomic E-state index is 0.0994. The number of phenols is 1. The number of hydrogen-bond donors (Lipinski definition) is 2. The third kappa shape index (κ3) is 2.32. The van der Waals surface area contributed by atoms with Gasteiger partial charge in [0.2, 0.25) is 0 Å². The number of benzene rings is 2. The van der Waals surface area contributed by atoms with E-state index in [2.05, 4.69) is 28.2 Å². The summed E-state index contributed by atoms with van der Waals surface area (Å²) in [5, 5.41) is 14.3. The van der Waals surface area contributed by atoms with Crippen LogP contribution in [0.5, 0.6) is 5.75 Å². The third-order valence-corrected chi connectivity index (χ3v) is 3.71. The largest absolute Gasteiger partial charge is 0.506 e. The van der Waals surface area contributed by atoms with E-state index in [-0.39, 0.29) is 5.75 Å². The van der Waals surface area contributed by atoms with E-state index >= 15 is 0 Å². The van der Waals surface area contributed by atoms with Crippen molar-refractivity contribution in [3.8, 4) is 5.75 Å². The van der Waals surface area contributed by atoms with E-state index < -0.39 is 0 Å². The van der Waals surface area contributed by atoms with E-state index in [1.54, 1.807) is 12.1 Å². The molecule has 0 bridgehead atoms. The number of phenolic OH excluding ortho intramolecular Hbond substituents is 1. The normalized spacial score (nSPS) is 10.9. The lowest BCUT2D eigenvalue weighted by Crippen LogP contribution is -1.98. The van der Waals surface area contributed by atoms with E-state index in [1.165, 1.54) is 16.5 Å². The lowest BCUT2D eigenvalue weighted by atomic mass is 10.2. The van der Waals surface area contributed by atoms with Gasteiger partial charge in [-0.1, -0.05) is 29.8 Å². The predicted octanol–water partition coefficient (Wildman–Crippen LogP) is 4.15. The number of nitrogens with one attached hydrogen (secondary N) is 1. The van der Waals surface area contributed by atoms with Gasteiger partial charge in [-0.05, 0) is 29.8 Å². The zero-order chi connectivity index (χ0) is 14.1. The van der Waals surface area contributed by atoms with Crippen LogP contribution < -0.4 is 5.32 Å². The predicted molar refractivity (Wildman–Crippen MR) is 83.4 cm³/mol. The Morgan fingerprint density at radius 2 is 2.00 bits per heavy atom. The summed E-state index contributed by atoms with van der Waals surface area (Å²) >= 11 is 5.90. The Bertz CT molecular complexity index is 764. The first-order chi connectivity index (χ1) is 9.65. The Kier molecular flexibility index (Phi) is 3.28. The van der Waals surface area contributed by atoms with Crippen LogP contribution in [0.3, 0.4) is 0 Å². The summed E-state index contributed by atoms with van der Waals surface area (Å²) in [6, 6.07) is 13.4. The van der Waals surface area contributed by atoms with Gasteiger partial charge in [0.05, 0.1) is 5.02 Å². The van der Waals surface area contributed by atoms with E-state index in [0.29, 0.717) is 11.6 Å². The molecule has 0 fully saturated rings. The second-order valence-corrected chi connectivity index (χ2v) is 5.21. The Hall–Kier alpha value is -2.13. The highest BCUT2D eigenvalue weighted by molar-refractivity contribution is 6.32. The van der Waals surface area contributed by atoms with Gasteiger partial charge in [0.15, 0.2) is 0 Å². The molecule has 0 spiro atoms. The van der Waals surface area contributed by atoms with Crippen LogP contribution in [0.15, 0.2) is 48.7 Å². The van der Waals surface area contributed by atoms with Gasteiger partial charge in [0, 0.05) is 36.4 Å². The van der Waals surface area contributed by atoms with Crippen molar-refractivity contribution in [2.24, 2.45) is 7.05 Å². The molecule has 20 heavy (non-hydrogen) atoms. The van der Waals surface area contributed by atoms with Crippen molar-refractivity contribution in [1.82, 2.24) is 4.57 Å². The number of fused-ring (bicyclic) bond motifs is 1. The minimum Gasteiger partial charge on any atom is -0.506 e. The number of aromatic nitrogens is 1. The van der Waals surface area contributed by atoms with Crippen LogP contribution in [0.2, 0.25) is 5.02 Å². The minimum atomic E-state index is 0.0994. The molecule has 0 aliphatic carbocycles. The first kappa shape index (κ1) is 12.9. The van der Waals surface area contributed by atoms with Crippen molar-refractivity contribution in [2.75, 3.05) is 5.32 Å². The van der Waals surface area contributed by atoms with E-state index in [1.807, 2.05) is 25.2 Å². The molecule has 0 amide bonds. The third-order valence-electron chi connectivity index (χ3n) is 3.41. The summed E-state index contributed by atoms with van der Waals surface area (Å²) in [7, 11) is 2.04. The molecule has 0 aliphatic rings. The maximum absolute atomic E-state index is 9.41. The Labute approximate surface area is 122 Å². The monoisotopic (exact) mass is 286 g/mol. The number of aryl methyl sites for hydroxylation is 1. The topological polar surface area (TPSA) is 37.2 Å². The average Bonchev–Trinajstić information content (AvgIpc) is 2.78. The Morgan fingerprint density at radius 3 is 2.80 bits per heavy atom. The molecule has 0 saturated carbocycles. The quantitative estimate of drug-likeness (QED) is 0.710. The van der Waals surface area contributed by atoms with Crippen LogP contribution in [-0.2, 0) is 13.6 Å². The SMILES string of the molecule is Cn1cc(CNc2ccc(O)c(Cl)c2)c2ccccc21. The highest BCUT2D eigenvalue weighted by Crippen LogP contribution is 2.27. The first-order valence-electron chi connectivity index (χ1n) is 6.40.